The minimum atomic E-state index is -0.448. The zero-order valence-corrected chi connectivity index (χ0v) is 15.4. The van der Waals surface area contributed by atoms with Crippen molar-refractivity contribution >= 4 is 5.91 Å². The molecule has 0 unspecified atom stereocenters. The van der Waals surface area contributed by atoms with E-state index in [-0.39, 0.29) is 5.91 Å². The second kappa shape index (κ2) is 7.22. The second-order valence-corrected chi connectivity index (χ2v) is 7.56. The van der Waals surface area contributed by atoms with Crippen LogP contribution in [-0.2, 0) is 24.2 Å². The van der Waals surface area contributed by atoms with Gasteiger partial charge in [-0.05, 0) is 23.6 Å². The SMILES string of the molecule is Cc1ccc(CNC(=O)C2(N3CCNCC3)Cc3ccccc3C2)cc1. The average molecular weight is 349 g/mol. The summed E-state index contributed by atoms with van der Waals surface area (Å²) in [4.78, 5) is 15.8. The summed E-state index contributed by atoms with van der Waals surface area (Å²) in [7, 11) is 0. The molecule has 0 atom stereocenters. The average Bonchev–Trinajstić information content (AvgIpc) is 3.09. The topological polar surface area (TPSA) is 44.4 Å². The fraction of sp³-hybridized carbons (Fsp3) is 0.409. The highest BCUT2D eigenvalue weighted by atomic mass is 16.2. The molecule has 4 heteroatoms. The van der Waals surface area contributed by atoms with Crippen molar-refractivity contribution in [3.8, 4) is 0 Å². The molecule has 2 aromatic rings. The summed E-state index contributed by atoms with van der Waals surface area (Å²) in [5.74, 6) is 0.163. The lowest BCUT2D eigenvalue weighted by Gasteiger charge is -2.42. The molecule has 2 aliphatic rings. The Hall–Kier alpha value is -2.17. The molecule has 1 aliphatic heterocycles. The third-order valence-corrected chi connectivity index (χ3v) is 5.80. The van der Waals surface area contributed by atoms with Crippen LogP contribution in [0.2, 0.25) is 0 Å². The Bertz CT molecular complexity index is 753. The van der Waals surface area contributed by atoms with Crippen molar-refractivity contribution in [2.75, 3.05) is 26.2 Å². The lowest BCUT2D eigenvalue weighted by Crippen LogP contribution is -2.63. The predicted octanol–water partition coefficient (Wildman–Crippen LogP) is 2.05. The molecule has 0 bridgehead atoms. The van der Waals surface area contributed by atoms with Gasteiger partial charge in [0, 0.05) is 45.6 Å². The van der Waals surface area contributed by atoms with Gasteiger partial charge in [-0.1, -0.05) is 54.1 Å². The number of hydrogen-bond acceptors (Lipinski definition) is 3. The molecule has 4 rings (SSSR count). The molecule has 0 spiro atoms. The number of amides is 1. The van der Waals surface area contributed by atoms with Gasteiger partial charge in [-0.15, -0.1) is 0 Å². The molecule has 1 saturated heterocycles. The molecular weight excluding hydrogens is 322 g/mol. The van der Waals surface area contributed by atoms with Crippen molar-refractivity contribution in [2.24, 2.45) is 0 Å². The Balaban J connectivity index is 1.55. The molecular formula is C22H27N3O. The van der Waals surface area contributed by atoms with Gasteiger partial charge < -0.3 is 10.6 Å². The highest BCUT2D eigenvalue weighted by molar-refractivity contribution is 5.88. The first kappa shape index (κ1) is 17.3. The van der Waals surface area contributed by atoms with Gasteiger partial charge in [0.1, 0.15) is 5.54 Å². The van der Waals surface area contributed by atoms with Gasteiger partial charge >= 0.3 is 0 Å². The Morgan fingerprint density at radius 2 is 1.65 bits per heavy atom. The van der Waals surface area contributed by atoms with E-state index in [1.807, 2.05) is 0 Å². The van der Waals surface area contributed by atoms with Gasteiger partial charge in [-0.25, -0.2) is 0 Å². The summed E-state index contributed by atoms with van der Waals surface area (Å²) >= 11 is 0. The maximum absolute atomic E-state index is 13.4. The summed E-state index contributed by atoms with van der Waals surface area (Å²) in [6.45, 7) is 6.41. The number of fused-ring (bicyclic) bond motifs is 1. The van der Waals surface area contributed by atoms with E-state index in [1.165, 1.54) is 16.7 Å². The fourth-order valence-electron chi connectivity index (χ4n) is 4.27. The maximum Gasteiger partial charge on any atom is 0.241 e. The number of carbonyl (C=O) groups is 1. The first-order valence-electron chi connectivity index (χ1n) is 9.54. The molecule has 1 heterocycles. The number of aryl methyl sites for hydroxylation is 1. The van der Waals surface area contributed by atoms with Crippen molar-refractivity contribution in [1.82, 2.24) is 15.5 Å². The molecule has 2 N–H and O–H groups in total. The summed E-state index contributed by atoms with van der Waals surface area (Å²) in [5, 5.41) is 6.64. The standard InChI is InChI=1S/C22H27N3O/c1-17-6-8-18(9-7-17)16-24-21(26)22(25-12-10-23-11-13-25)14-19-4-2-3-5-20(19)15-22/h2-9,23H,10-16H2,1H3,(H,24,26). The third-order valence-electron chi connectivity index (χ3n) is 5.80. The smallest absolute Gasteiger partial charge is 0.241 e. The van der Waals surface area contributed by atoms with Crippen LogP contribution >= 0.6 is 0 Å². The molecule has 0 aromatic heterocycles. The minimum Gasteiger partial charge on any atom is -0.350 e. The second-order valence-electron chi connectivity index (χ2n) is 7.56. The molecule has 1 fully saturated rings. The monoisotopic (exact) mass is 349 g/mol. The first-order valence-corrected chi connectivity index (χ1v) is 9.54. The maximum atomic E-state index is 13.4. The highest BCUT2D eigenvalue weighted by Crippen LogP contribution is 2.35. The predicted molar refractivity (Wildman–Crippen MR) is 104 cm³/mol. The largest absolute Gasteiger partial charge is 0.350 e. The number of nitrogens with one attached hydrogen (secondary N) is 2. The lowest BCUT2D eigenvalue weighted by molar-refractivity contribution is -0.134. The van der Waals surface area contributed by atoms with E-state index < -0.39 is 5.54 Å². The molecule has 1 aliphatic carbocycles. The highest BCUT2D eigenvalue weighted by Gasteiger charge is 2.48. The summed E-state index contributed by atoms with van der Waals surface area (Å²) < 4.78 is 0. The molecule has 0 radical (unpaired) electrons. The van der Waals surface area contributed by atoms with Gasteiger partial charge in [0.25, 0.3) is 0 Å². The number of carbonyl (C=O) groups excluding carboxylic acids is 1. The van der Waals surface area contributed by atoms with Crippen molar-refractivity contribution in [2.45, 2.75) is 31.8 Å². The van der Waals surface area contributed by atoms with Crippen LogP contribution in [0.15, 0.2) is 48.5 Å². The first-order chi connectivity index (χ1) is 12.7. The van der Waals surface area contributed by atoms with Crippen LogP contribution in [0.5, 0.6) is 0 Å². The molecule has 0 saturated carbocycles. The molecule has 136 valence electrons. The van der Waals surface area contributed by atoms with Crippen molar-refractivity contribution in [3.63, 3.8) is 0 Å². The van der Waals surface area contributed by atoms with E-state index in [0.717, 1.165) is 44.6 Å². The van der Waals surface area contributed by atoms with Crippen LogP contribution in [-0.4, -0.2) is 42.5 Å². The number of hydrogen-bond donors (Lipinski definition) is 2. The van der Waals surface area contributed by atoms with E-state index in [1.54, 1.807) is 0 Å². The normalized spacial score (nSPS) is 19.1. The zero-order valence-electron chi connectivity index (χ0n) is 15.4. The molecule has 2 aromatic carbocycles. The lowest BCUT2D eigenvalue weighted by atomic mass is 9.91. The molecule has 4 nitrogen and oxygen atoms in total. The van der Waals surface area contributed by atoms with Crippen molar-refractivity contribution in [1.29, 1.82) is 0 Å². The van der Waals surface area contributed by atoms with Crippen LogP contribution < -0.4 is 10.6 Å². The van der Waals surface area contributed by atoms with E-state index in [2.05, 4.69) is 71.0 Å². The van der Waals surface area contributed by atoms with Crippen LogP contribution in [0.25, 0.3) is 0 Å². The van der Waals surface area contributed by atoms with Crippen molar-refractivity contribution in [3.05, 3.63) is 70.8 Å². The number of benzene rings is 2. The Morgan fingerprint density at radius 3 is 2.27 bits per heavy atom. The zero-order chi connectivity index (χ0) is 18.0. The number of piperazine rings is 1. The third kappa shape index (κ3) is 3.27. The van der Waals surface area contributed by atoms with Crippen LogP contribution in [0.4, 0.5) is 0 Å². The Morgan fingerprint density at radius 1 is 1.04 bits per heavy atom. The van der Waals surface area contributed by atoms with Crippen LogP contribution in [0.3, 0.4) is 0 Å². The van der Waals surface area contributed by atoms with Crippen LogP contribution in [0, 0.1) is 6.92 Å². The van der Waals surface area contributed by atoms with Gasteiger partial charge in [0.2, 0.25) is 5.91 Å². The van der Waals surface area contributed by atoms with E-state index in [0.29, 0.717) is 6.54 Å². The summed E-state index contributed by atoms with van der Waals surface area (Å²) in [5.41, 5.74) is 4.57. The Kier molecular flexibility index (Phi) is 4.79. The van der Waals surface area contributed by atoms with E-state index in [9.17, 15) is 4.79 Å². The van der Waals surface area contributed by atoms with Crippen molar-refractivity contribution < 1.29 is 4.79 Å². The summed E-state index contributed by atoms with van der Waals surface area (Å²) in [6, 6.07) is 16.9. The van der Waals surface area contributed by atoms with Gasteiger partial charge in [-0.3, -0.25) is 9.69 Å². The minimum absolute atomic E-state index is 0.163. The molecule has 26 heavy (non-hydrogen) atoms. The molecule has 1 amide bonds. The van der Waals surface area contributed by atoms with Gasteiger partial charge in [-0.2, -0.15) is 0 Å². The van der Waals surface area contributed by atoms with Gasteiger partial charge in [0.15, 0.2) is 0 Å². The van der Waals surface area contributed by atoms with E-state index in [4.69, 9.17) is 0 Å². The Labute approximate surface area is 155 Å². The number of nitrogens with zero attached hydrogens (tertiary/aromatic N) is 1. The summed E-state index contributed by atoms with van der Waals surface area (Å²) in [6.07, 6.45) is 1.62. The van der Waals surface area contributed by atoms with E-state index >= 15 is 0 Å². The fourth-order valence-corrected chi connectivity index (χ4v) is 4.27. The van der Waals surface area contributed by atoms with Crippen LogP contribution in [0.1, 0.15) is 22.3 Å². The quantitative estimate of drug-likeness (QED) is 0.888. The van der Waals surface area contributed by atoms with Gasteiger partial charge in [0.05, 0.1) is 0 Å². The number of rotatable bonds is 4.